The first-order valence-electron chi connectivity index (χ1n) is 10.6. The average Bonchev–Trinajstić information content (AvgIpc) is 3.19. The minimum absolute atomic E-state index is 0.0980. The third-order valence-corrected chi connectivity index (χ3v) is 8.29. The van der Waals surface area contributed by atoms with E-state index in [9.17, 15) is 4.79 Å². The van der Waals surface area contributed by atoms with E-state index in [1.807, 2.05) is 59.2 Å². The van der Waals surface area contributed by atoms with E-state index >= 15 is 0 Å². The molecule has 5 rings (SSSR count). The maximum absolute atomic E-state index is 13.7. The van der Waals surface area contributed by atoms with Gasteiger partial charge in [-0.15, -0.1) is 0 Å². The van der Waals surface area contributed by atoms with Crippen LogP contribution in [0.1, 0.15) is 11.1 Å². The summed E-state index contributed by atoms with van der Waals surface area (Å²) >= 11 is 12.0. The summed E-state index contributed by atoms with van der Waals surface area (Å²) in [6.07, 6.45) is 4.36. The molecule has 0 aliphatic heterocycles. The van der Waals surface area contributed by atoms with Crippen molar-refractivity contribution < 1.29 is 0 Å². The summed E-state index contributed by atoms with van der Waals surface area (Å²) in [7, 11) is 0. The Kier molecular flexibility index (Phi) is 7.05. The van der Waals surface area contributed by atoms with E-state index in [-0.39, 0.29) is 5.56 Å². The summed E-state index contributed by atoms with van der Waals surface area (Å²) in [4.78, 5) is 22.8. The van der Waals surface area contributed by atoms with Gasteiger partial charge in [0.15, 0.2) is 14.8 Å². The van der Waals surface area contributed by atoms with Crippen molar-refractivity contribution in [2.24, 2.45) is 0 Å². The number of fused-ring (bicyclic) bond motifs is 1. The van der Waals surface area contributed by atoms with Crippen LogP contribution in [0.2, 0.25) is 0 Å². The van der Waals surface area contributed by atoms with Crippen LogP contribution in [-0.2, 0) is 18.7 Å². The Labute approximate surface area is 218 Å². The zero-order valence-corrected chi connectivity index (χ0v) is 22.0. The van der Waals surface area contributed by atoms with E-state index in [0.29, 0.717) is 31.8 Å². The summed E-state index contributed by atoms with van der Waals surface area (Å²) in [6.45, 7) is 0.673. The van der Waals surface area contributed by atoms with Crippen LogP contribution in [0.25, 0.3) is 16.0 Å². The number of aryl methyl sites for hydroxylation is 2. The van der Waals surface area contributed by atoms with Gasteiger partial charge in [0.05, 0.1) is 5.69 Å². The molecule has 3 aromatic heterocycles. The van der Waals surface area contributed by atoms with Gasteiger partial charge in [0.2, 0.25) is 0 Å². The second kappa shape index (κ2) is 10.4. The maximum atomic E-state index is 13.7. The predicted octanol–water partition coefficient (Wildman–Crippen LogP) is 6.67. The van der Waals surface area contributed by atoms with Crippen molar-refractivity contribution in [2.75, 3.05) is 0 Å². The highest BCUT2D eigenvalue weighted by Crippen LogP contribution is 2.27. The van der Waals surface area contributed by atoms with Gasteiger partial charge in [-0.1, -0.05) is 69.4 Å². The van der Waals surface area contributed by atoms with Crippen LogP contribution in [0, 0.1) is 3.95 Å². The standard InChI is InChI=1S/C25H19BrN4OS3/c26-19-6-8-20(9-7-19)30-23(31)21-22(28-24(30)33-16-18-10-13-27-14-11-18)29(25(32)34-21)15-12-17-4-2-1-3-5-17/h1-11,13-14H,12,15-16H2. The highest BCUT2D eigenvalue weighted by Gasteiger charge is 2.18. The normalized spacial score (nSPS) is 11.2. The first-order chi connectivity index (χ1) is 16.6. The number of hydrogen-bond donors (Lipinski definition) is 0. The molecule has 3 heterocycles. The van der Waals surface area contributed by atoms with Gasteiger partial charge in [-0.2, -0.15) is 0 Å². The number of thioether (sulfide) groups is 1. The molecule has 2 aromatic carbocycles. The molecule has 0 radical (unpaired) electrons. The van der Waals surface area contributed by atoms with Crippen LogP contribution in [-0.4, -0.2) is 19.1 Å². The Hall–Kier alpha value is -2.59. The number of rotatable bonds is 7. The fraction of sp³-hybridized carbons (Fsp3) is 0.120. The van der Waals surface area contributed by atoms with Crippen LogP contribution in [0.15, 0.2) is 93.5 Å². The molecule has 0 amide bonds. The summed E-state index contributed by atoms with van der Waals surface area (Å²) < 4.78 is 5.87. The van der Waals surface area contributed by atoms with Gasteiger partial charge >= 0.3 is 0 Å². The summed E-state index contributed by atoms with van der Waals surface area (Å²) in [6, 6.07) is 21.9. The first kappa shape index (κ1) is 23.2. The van der Waals surface area contributed by atoms with Gasteiger partial charge in [-0.25, -0.2) is 4.98 Å². The molecule has 5 nitrogen and oxygen atoms in total. The quantitative estimate of drug-likeness (QED) is 0.125. The lowest BCUT2D eigenvalue weighted by atomic mass is 10.1. The van der Waals surface area contributed by atoms with E-state index in [0.717, 1.165) is 22.1 Å². The molecular weight excluding hydrogens is 548 g/mol. The summed E-state index contributed by atoms with van der Waals surface area (Å²) in [5, 5.41) is 0.637. The molecule has 0 N–H and O–H groups in total. The lowest BCUT2D eigenvalue weighted by molar-refractivity contribution is 0.701. The van der Waals surface area contributed by atoms with Gasteiger partial charge < -0.3 is 4.57 Å². The predicted molar refractivity (Wildman–Crippen MR) is 146 cm³/mol. The minimum atomic E-state index is -0.0980. The number of benzene rings is 2. The number of thiazole rings is 1. The Bertz CT molecular complexity index is 1550. The molecular formula is C25H19BrN4OS3. The van der Waals surface area contributed by atoms with Crippen LogP contribution in [0.5, 0.6) is 0 Å². The van der Waals surface area contributed by atoms with Crippen molar-refractivity contribution in [3.05, 3.63) is 109 Å². The van der Waals surface area contributed by atoms with Crippen molar-refractivity contribution in [3.8, 4) is 5.69 Å². The lowest BCUT2D eigenvalue weighted by Crippen LogP contribution is -2.21. The van der Waals surface area contributed by atoms with Crippen molar-refractivity contribution in [3.63, 3.8) is 0 Å². The zero-order chi connectivity index (χ0) is 23.5. The minimum Gasteiger partial charge on any atom is -0.307 e. The van der Waals surface area contributed by atoms with Crippen molar-refractivity contribution in [1.82, 2.24) is 19.1 Å². The van der Waals surface area contributed by atoms with Gasteiger partial charge in [0.1, 0.15) is 4.70 Å². The fourth-order valence-electron chi connectivity index (χ4n) is 3.60. The van der Waals surface area contributed by atoms with Crippen molar-refractivity contribution in [2.45, 2.75) is 23.9 Å². The number of aromatic nitrogens is 4. The molecule has 0 aliphatic carbocycles. The average molecular weight is 568 g/mol. The van der Waals surface area contributed by atoms with E-state index in [1.54, 1.807) is 17.0 Å². The zero-order valence-electron chi connectivity index (χ0n) is 17.9. The Morgan fingerprint density at radius 1 is 0.971 bits per heavy atom. The van der Waals surface area contributed by atoms with Gasteiger partial charge in [0.25, 0.3) is 5.56 Å². The third-order valence-electron chi connectivity index (χ3n) is 5.33. The SMILES string of the molecule is O=c1c2sc(=S)n(CCc3ccccc3)c2nc(SCc2ccncc2)n1-c1ccc(Br)cc1. The molecule has 9 heteroatoms. The number of hydrogen-bond acceptors (Lipinski definition) is 6. The van der Waals surface area contributed by atoms with E-state index in [2.05, 4.69) is 33.0 Å². The molecule has 0 atom stereocenters. The molecule has 170 valence electrons. The van der Waals surface area contributed by atoms with Crippen molar-refractivity contribution >= 4 is 61.6 Å². The van der Waals surface area contributed by atoms with Crippen molar-refractivity contribution in [1.29, 1.82) is 0 Å². The number of nitrogens with zero attached hydrogens (tertiary/aromatic N) is 4. The molecule has 0 fully saturated rings. The molecule has 5 aromatic rings. The molecule has 0 saturated carbocycles. The Morgan fingerprint density at radius 2 is 1.71 bits per heavy atom. The van der Waals surface area contributed by atoms with E-state index in [1.165, 1.54) is 28.7 Å². The Morgan fingerprint density at radius 3 is 2.44 bits per heavy atom. The highest BCUT2D eigenvalue weighted by atomic mass is 79.9. The summed E-state index contributed by atoms with van der Waals surface area (Å²) in [5.41, 5.74) is 3.66. The van der Waals surface area contributed by atoms with Gasteiger partial charge in [-0.3, -0.25) is 14.3 Å². The third kappa shape index (κ3) is 4.93. The van der Waals surface area contributed by atoms with E-state index in [4.69, 9.17) is 17.2 Å². The van der Waals surface area contributed by atoms with E-state index < -0.39 is 0 Å². The lowest BCUT2D eigenvalue weighted by Gasteiger charge is -2.13. The monoisotopic (exact) mass is 566 g/mol. The fourth-order valence-corrected chi connectivity index (χ4v) is 6.14. The summed E-state index contributed by atoms with van der Waals surface area (Å²) in [5.74, 6) is 0.672. The maximum Gasteiger partial charge on any atom is 0.278 e. The topological polar surface area (TPSA) is 52.7 Å². The van der Waals surface area contributed by atoms with Crippen LogP contribution in [0.3, 0.4) is 0 Å². The van der Waals surface area contributed by atoms with Crippen LogP contribution < -0.4 is 5.56 Å². The smallest absolute Gasteiger partial charge is 0.278 e. The molecule has 0 aliphatic rings. The Balaban J connectivity index is 1.60. The van der Waals surface area contributed by atoms with Crippen LogP contribution in [0.4, 0.5) is 0 Å². The van der Waals surface area contributed by atoms with Gasteiger partial charge in [-0.05, 0) is 66.2 Å². The highest BCUT2D eigenvalue weighted by molar-refractivity contribution is 9.10. The molecule has 0 spiro atoms. The van der Waals surface area contributed by atoms with Crippen LogP contribution >= 0.6 is 51.2 Å². The molecule has 0 saturated heterocycles. The number of halogens is 1. The van der Waals surface area contributed by atoms with Gasteiger partial charge in [0, 0.05) is 29.2 Å². The molecule has 0 unspecified atom stereocenters. The second-order valence-electron chi connectivity index (χ2n) is 7.56. The molecule has 34 heavy (non-hydrogen) atoms. The number of pyridine rings is 1. The molecule has 0 bridgehead atoms. The first-order valence-corrected chi connectivity index (χ1v) is 13.6. The second-order valence-corrected chi connectivity index (χ2v) is 11.1. The largest absolute Gasteiger partial charge is 0.307 e.